The van der Waals surface area contributed by atoms with E-state index in [0.29, 0.717) is 12.1 Å². The van der Waals surface area contributed by atoms with E-state index in [1.165, 1.54) is 0 Å². The van der Waals surface area contributed by atoms with E-state index < -0.39 is 0 Å². The molecule has 0 aliphatic heterocycles. The Morgan fingerprint density at radius 3 is 2.14 bits per heavy atom. The minimum absolute atomic E-state index is 0.557. The number of allylic oxidation sites excluding steroid dienone is 1. The van der Waals surface area contributed by atoms with Crippen LogP contribution in [0.2, 0.25) is 0 Å². The zero-order valence-electron chi connectivity index (χ0n) is 12.5. The van der Waals surface area contributed by atoms with Gasteiger partial charge in [-0.1, -0.05) is 60.7 Å². The molecule has 0 saturated heterocycles. The van der Waals surface area contributed by atoms with Gasteiger partial charge < -0.3 is 5.41 Å². The molecule has 0 heterocycles. The van der Waals surface area contributed by atoms with Crippen molar-refractivity contribution in [1.82, 2.24) is 0 Å². The van der Waals surface area contributed by atoms with Gasteiger partial charge in [0.05, 0.1) is 11.4 Å². The second kappa shape index (κ2) is 7.34. The van der Waals surface area contributed by atoms with Gasteiger partial charge in [-0.15, -0.1) is 0 Å². The molecule has 0 amide bonds. The largest absolute Gasteiger partial charge is 0.303 e. The van der Waals surface area contributed by atoms with Crippen molar-refractivity contribution >= 4 is 17.5 Å². The van der Waals surface area contributed by atoms with Gasteiger partial charge >= 0.3 is 0 Å². The molecule has 0 radical (unpaired) electrons. The van der Waals surface area contributed by atoms with Crippen LogP contribution in [-0.4, -0.2) is 11.4 Å². The number of benzene rings is 2. The van der Waals surface area contributed by atoms with Crippen LogP contribution >= 0.6 is 0 Å². The van der Waals surface area contributed by atoms with Gasteiger partial charge in [-0.3, -0.25) is 4.99 Å². The first-order valence-corrected chi connectivity index (χ1v) is 7.05. The SMILES string of the molecule is CC(=N/C(C)=C\c1ccccc1)C(=N)Cc1ccccc1. The molecule has 0 unspecified atom stereocenters. The van der Waals surface area contributed by atoms with Gasteiger partial charge in [0.25, 0.3) is 0 Å². The summed E-state index contributed by atoms with van der Waals surface area (Å²) in [6, 6.07) is 20.2. The zero-order chi connectivity index (χ0) is 15.1. The molecule has 2 rings (SSSR count). The van der Waals surface area contributed by atoms with Crippen LogP contribution in [0.3, 0.4) is 0 Å². The van der Waals surface area contributed by atoms with Gasteiger partial charge in [-0.05, 0) is 31.1 Å². The predicted octanol–water partition coefficient (Wildman–Crippen LogP) is 4.77. The van der Waals surface area contributed by atoms with E-state index >= 15 is 0 Å². The Morgan fingerprint density at radius 1 is 0.952 bits per heavy atom. The summed E-state index contributed by atoms with van der Waals surface area (Å²) in [5, 5.41) is 8.15. The topological polar surface area (TPSA) is 36.2 Å². The second-order valence-electron chi connectivity index (χ2n) is 5.03. The third-order valence-corrected chi connectivity index (χ3v) is 3.18. The smallest absolute Gasteiger partial charge is 0.0586 e. The first kappa shape index (κ1) is 14.9. The van der Waals surface area contributed by atoms with Crippen LogP contribution in [0.25, 0.3) is 6.08 Å². The van der Waals surface area contributed by atoms with Gasteiger partial charge in [0.2, 0.25) is 0 Å². The van der Waals surface area contributed by atoms with E-state index in [9.17, 15) is 0 Å². The van der Waals surface area contributed by atoms with Crippen molar-refractivity contribution in [3.8, 4) is 0 Å². The van der Waals surface area contributed by atoms with Crippen LogP contribution in [0.5, 0.6) is 0 Å². The average molecular weight is 276 g/mol. The summed E-state index contributed by atoms with van der Waals surface area (Å²) in [7, 11) is 0. The number of aliphatic imine (C=N–C) groups is 1. The first-order valence-electron chi connectivity index (χ1n) is 7.05. The number of hydrogen-bond acceptors (Lipinski definition) is 2. The monoisotopic (exact) mass is 276 g/mol. The quantitative estimate of drug-likeness (QED) is 0.764. The summed E-state index contributed by atoms with van der Waals surface area (Å²) < 4.78 is 0. The molecule has 2 heteroatoms. The van der Waals surface area contributed by atoms with E-state index in [0.717, 1.165) is 22.5 Å². The van der Waals surface area contributed by atoms with Gasteiger partial charge in [-0.2, -0.15) is 0 Å². The van der Waals surface area contributed by atoms with Crippen molar-refractivity contribution < 1.29 is 0 Å². The van der Waals surface area contributed by atoms with Gasteiger partial charge in [0.1, 0.15) is 0 Å². The minimum Gasteiger partial charge on any atom is -0.303 e. The molecule has 0 aliphatic carbocycles. The lowest BCUT2D eigenvalue weighted by Gasteiger charge is -2.04. The fraction of sp³-hybridized carbons (Fsp3) is 0.158. The highest BCUT2D eigenvalue weighted by Crippen LogP contribution is 2.08. The van der Waals surface area contributed by atoms with Crippen LogP contribution in [0.15, 0.2) is 71.4 Å². The first-order chi connectivity index (χ1) is 10.1. The molecule has 0 atom stereocenters. The van der Waals surface area contributed by atoms with Crippen LogP contribution in [0, 0.1) is 5.41 Å². The molecular formula is C19H20N2. The van der Waals surface area contributed by atoms with E-state index in [1.54, 1.807) is 0 Å². The maximum Gasteiger partial charge on any atom is 0.0586 e. The lowest BCUT2D eigenvalue weighted by Crippen LogP contribution is -2.12. The molecule has 2 nitrogen and oxygen atoms in total. The molecule has 0 bridgehead atoms. The molecule has 2 aromatic carbocycles. The predicted molar refractivity (Wildman–Crippen MR) is 91.1 cm³/mol. The third kappa shape index (κ3) is 4.84. The number of rotatable bonds is 5. The van der Waals surface area contributed by atoms with Gasteiger partial charge in [-0.25, -0.2) is 0 Å². The van der Waals surface area contributed by atoms with E-state index in [1.807, 2.05) is 80.6 Å². The van der Waals surface area contributed by atoms with Crippen molar-refractivity contribution in [3.05, 3.63) is 77.5 Å². The molecule has 1 N–H and O–H groups in total. The summed E-state index contributed by atoms with van der Waals surface area (Å²) in [5.74, 6) is 0. The summed E-state index contributed by atoms with van der Waals surface area (Å²) in [4.78, 5) is 4.52. The van der Waals surface area contributed by atoms with Crippen molar-refractivity contribution in [2.75, 3.05) is 0 Å². The molecule has 21 heavy (non-hydrogen) atoms. The fourth-order valence-corrected chi connectivity index (χ4v) is 2.08. The standard InChI is InChI=1S/C19H20N2/c1-15(13-17-9-5-3-6-10-17)21-16(2)19(20)14-18-11-7-4-8-12-18/h3-13,20H,14H2,1-2H3/b15-13-,20-19?,21-16?. The lowest BCUT2D eigenvalue weighted by atomic mass is 10.1. The molecule has 0 fully saturated rings. The molecule has 0 aromatic heterocycles. The van der Waals surface area contributed by atoms with Crippen molar-refractivity contribution in [3.63, 3.8) is 0 Å². The maximum absolute atomic E-state index is 8.15. The number of nitrogens with zero attached hydrogens (tertiary/aromatic N) is 1. The molecule has 0 saturated carbocycles. The molecule has 2 aromatic rings. The fourth-order valence-electron chi connectivity index (χ4n) is 2.08. The maximum atomic E-state index is 8.15. The molecule has 106 valence electrons. The van der Waals surface area contributed by atoms with Gasteiger partial charge in [0.15, 0.2) is 0 Å². The Labute approximate surface area is 126 Å². The molecule has 0 spiro atoms. The molecule has 0 aliphatic rings. The van der Waals surface area contributed by atoms with Crippen LogP contribution in [-0.2, 0) is 6.42 Å². The lowest BCUT2D eigenvalue weighted by molar-refractivity contribution is 1.27. The summed E-state index contributed by atoms with van der Waals surface area (Å²) >= 11 is 0. The summed E-state index contributed by atoms with van der Waals surface area (Å²) in [6.45, 7) is 3.86. The van der Waals surface area contributed by atoms with Crippen molar-refractivity contribution in [2.24, 2.45) is 4.99 Å². The van der Waals surface area contributed by atoms with Crippen LogP contribution in [0.4, 0.5) is 0 Å². The average Bonchev–Trinajstić information content (AvgIpc) is 2.49. The Bertz CT molecular complexity index is 652. The highest BCUT2D eigenvalue weighted by atomic mass is 14.8. The third-order valence-electron chi connectivity index (χ3n) is 3.18. The van der Waals surface area contributed by atoms with E-state index in [4.69, 9.17) is 5.41 Å². The van der Waals surface area contributed by atoms with E-state index in [-0.39, 0.29) is 0 Å². The normalized spacial score (nSPS) is 12.3. The minimum atomic E-state index is 0.557. The van der Waals surface area contributed by atoms with Crippen molar-refractivity contribution in [1.29, 1.82) is 5.41 Å². The van der Waals surface area contributed by atoms with Crippen LogP contribution < -0.4 is 0 Å². The van der Waals surface area contributed by atoms with Crippen LogP contribution in [0.1, 0.15) is 25.0 Å². The highest BCUT2D eigenvalue weighted by Gasteiger charge is 2.03. The Kier molecular flexibility index (Phi) is 5.22. The Morgan fingerprint density at radius 2 is 1.52 bits per heavy atom. The highest BCUT2D eigenvalue weighted by molar-refractivity contribution is 6.40. The zero-order valence-corrected chi connectivity index (χ0v) is 12.5. The summed E-state index contributed by atoms with van der Waals surface area (Å²) in [5.41, 5.74) is 4.50. The second-order valence-corrected chi connectivity index (χ2v) is 5.03. The van der Waals surface area contributed by atoms with Gasteiger partial charge in [0, 0.05) is 12.1 Å². The van der Waals surface area contributed by atoms with Crippen molar-refractivity contribution in [2.45, 2.75) is 20.3 Å². The Hall–Kier alpha value is -2.48. The summed E-state index contributed by atoms with van der Waals surface area (Å²) in [6.07, 6.45) is 2.65. The number of hydrogen-bond donors (Lipinski definition) is 1. The molecular weight excluding hydrogens is 256 g/mol. The van der Waals surface area contributed by atoms with E-state index in [2.05, 4.69) is 4.99 Å². The number of nitrogens with one attached hydrogen (secondary N) is 1. The Balaban J connectivity index is 2.06.